The number of Topliss-reactive ketones (excluding diaryl/α,β-unsaturated/α-hetero) is 1. The fourth-order valence-corrected chi connectivity index (χ4v) is 1.76. The molecule has 1 aromatic carbocycles. The van der Waals surface area contributed by atoms with Crippen LogP contribution in [0.15, 0.2) is 24.3 Å². The van der Waals surface area contributed by atoms with E-state index in [1.807, 2.05) is 0 Å². The van der Waals surface area contributed by atoms with E-state index in [0.717, 1.165) is 0 Å². The number of ketones is 1. The van der Waals surface area contributed by atoms with Crippen molar-refractivity contribution in [3.63, 3.8) is 0 Å². The second-order valence-electron chi connectivity index (χ2n) is 3.83. The highest BCUT2D eigenvalue weighted by atomic mass is 32.2. The van der Waals surface area contributed by atoms with Gasteiger partial charge in [0.25, 0.3) is 0 Å². The second kappa shape index (κ2) is 4.65. The highest BCUT2D eigenvalue weighted by Gasteiger charge is 2.15. The first-order valence-electron chi connectivity index (χ1n) is 4.95. The van der Waals surface area contributed by atoms with E-state index in [4.69, 9.17) is 0 Å². The van der Waals surface area contributed by atoms with Crippen molar-refractivity contribution < 1.29 is 13.2 Å². The molecule has 0 saturated carbocycles. The van der Waals surface area contributed by atoms with Gasteiger partial charge in [-0.15, -0.1) is 0 Å². The Kier molecular flexibility index (Phi) is 3.70. The summed E-state index contributed by atoms with van der Waals surface area (Å²) in [6, 6.07) is 6.36. The summed E-state index contributed by atoms with van der Waals surface area (Å²) < 4.78 is 25.5. The summed E-state index contributed by atoms with van der Waals surface area (Å²) in [5, 5.41) is -0.486. The van der Waals surface area contributed by atoms with E-state index in [-0.39, 0.29) is 5.78 Å². The predicted octanol–water partition coefficient (Wildman–Crippen LogP) is 2.04. The third kappa shape index (κ3) is 3.06. The molecule has 0 spiro atoms. The summed E-state index contributed by atoms with van der Waals surface area (Å²) in [4.78, 5) is 11.0. The maximum absolute atomic E-state index is 11.5. The minimum atomic E-state index is -3.32. The number of carbonyl (C=O) groups is 1. The minimum absolute atomic E-state index is 0.0433. The molecule has 0 aliphatic heterocycles. The lowest BCUT2D eigenvalue weighted by atomic mass is 10.1. The molecule has 4 nitrogen and oxygen atoms in total. The van der Waals surface area contributed by atoms with Gasteiger partial charge in [0.2, 0.25) is 10.0 Å². The lowest BCUT2D eigenvalue weighted by Gasteiger charge is -2.10. The van der Waals surface area contributed by atoms with Crippen LogP contribution < -0.4 is 4.72 Å². The molecular formula is C11H15NO3S. The fraction of sp³-hybridized carbons (Fsp3) is 0.364. The zero-order valence-corrected chi connectivity index (χ0v) is 10.3. The summed E-state index contributed by atoms with van der Waals surface area (Å²) in [5.74, 6) is -0.0433. The summed E-state index contributed by atoms with van der Waals surface area (Å²) in [6.07, 6.45) is 0. The number of hydrogen-bond acceptors (Lipinski definition) is 3. The molecule has 0 aliphatic rings. The molecule has 0 unspecified atom stereocenters. The molecule has 88 valence electrons. The molecule has 1 rings (SSSR count). The Morgan fingerprint density at radius 2 is 1.69 bits per heavy atom. The monoisotopic (exact) mass is 241 g/mol. The Hall–Kier alpha value is -1.36. The third-order valence-corrected chi connectivity index (χ3v) is 3.93. The normalized spacial score (nSPS) is 11.5. The number of sulfonamides is 1. The lowest BCUT2D eigenvalue weighted by molar-refractivity contribution is 0.101. The van der Waals surface area contributed by atoms with Crippen molar-refractivity contribution in [2.24, 2.45) is 0 Å². The summed E-state index contributed by atoms with van der Waals surface area (Å²) >= 11 is 0. The van der Waals surface area contributed by atoms with Crippen molar-refractivity contribution in [2.75, 3.05) is 4.72 Å². The van der Waals surface area contributed by atoms with Crippen molar-refractivity contribution in [3.8, 4) is 0 Å². The molecule has 0 radical (unpaired) electrons. The van der Waals surface area contributed by atoms with Crippen LogP contribution in [0.3, 0.4) is 0 Å². The number of benzene rings is 1. The first kappa shape index (κ1) is 12.7. The van der Waals surface area contributed by atoms with E-state index in [0.29, 0.717) is 11.3 Å². The zero-order chi connectivity index (χ0) is 12.3. The van der Waals surface area contributed by atoms with Gasteiger partial charge < -0.3 is 0 Å². The van der Waals surface area contributed by atoms with Gasteiger partial charge in [-0.25, -0.2) is 8.42 Å². The van der Waals surface area contributed by atoms with Gasteiger partial charge in [0, 0.05) is 11.3 Å². The zero-order valence-electron chi connectivity index (χ0n) is 9.52. The van der Waals surface area contributed by atoms with Crippen LogP contribution in [-0.2, 0) is 10.0 Å². The van der Waals surface area contributed by atoms with Gasteiger partial charge in [-0.2, -0.15) is 0 Å². The maximum atomic E-state index is 11.5. The molecule has 0 heterocycles. The number of hydrogen-bond donors (Lipinski definition) is 1. The highest BCUT2D eigenvalue weighted by Crippen LogP contribution is 2.13. The van der Waals surface area contributed by atoms with Crippen LogP contribution in [0.5, 0.6) is 0 Å². The minimum Gasteiger partial charge on any atom is -0.295 e. The number of nitrogens with one attached hydrogen (secondary N) is 1. The van der Waals surface area contributed by atoms with Crippen LogP contribution >= 0.6 is 0 Å². The van der Waals surface area contributed by atoms with Gasteiger partial charge in [0.05, 0.1) is 5.25 Å². The van der Waals surface area contributed by atoms with Crippen molar-refractivity contribution in [3.05, 3.63) is 29.8 Å². The van der Waals surface area contributed by atoms with Gasteiger partial charge in [0.15, 0.2) is 5.78 Å². The fourth-order valence-electron chi connectivity index (χ4n) is 1.06. The summed E-state index contributed by atoms with van der Waals surface area (Å²) in [5.41, 5.74) is 1.03. The van der Waals surface area contributed by atoms with Gasteiger partial charge in [0.1, 0.15) is 0 Å². The smallest absolute Gasteiger partial charge is 0.235 e. The molecular weight excluding hydrogens is 226 g/mol. The lowest BCUT2D eigenvalue weighted by Crippen LogP contribution is -2.22. The van der Waals surface area contributed by atoms with Crippen LogP contribution in [0.4, 0.5) is 5.69 Å². The molecule has 0 amide bonds. The Labute approximate surface area is 95.7 Å². The van der Waals surface area contributed by atoms with E-state index in [1.54, 1.807) is 38.1 Å². The molecule has 0 saturated heterocycles. The van der Waals surface area contributed by atoms with Crippen LogP contribution in [0.1, 0.15) is 31.1 Å². The molecule has 0 atom stereocenters. The van der Waals surface area contributed by atoms with E-state index in [1.165, 1.54) is 6.92 Å². The van der Waals surface area contributed by atoms with Crippen molar-refractivity contribution in [1.82, 2.24) is 0 Å². The van der Waals surface area contributed by atoms with E-state index in [9.17, 15) is 13.2 Å². The molecule has 0 fully saturated rings. The van der Waals surface area contributed by atoms with Gasteiger partial charge in [-0.3, -0.25) is 9.52 Å². The van der Waals surface area contributed by atoms with Gasteiger partial charge in [-0.1, -0.05) is 0 Å². The average molecular weight is 241 g/mol. The Morgan fingerprint density at radius 1 is 1.19 bits per heavy atom. The topological polar surface area (TPSA) is 63.2 Å². The number of rotatable bonds is 4. The van der Waals surface area contributed by atoms with Crippen molar-refractivity contribution in [1.29, 1.82) is 0 Å². The third-order valence-electron chi connectivity index (χ3n) is 2.17. The molecule has 1 aromatic rings. The largest absolute Gasteiger partial charge is 0.295 e. The van der Waals surface area contributed by atoms with Crippen LogP contribution in [0.25, 0.3) is 0 Å². The van der Waals surface area contributed by atoms with E-state index in [2.05, 4.69) is 4.72 Å². The number of carbonyl (C=O) groups excluding carboxylic acids is 1. The molecule has 0 aliphatic carbocycles. The van der Waals surface area contributed by atoms with E-state index < -0.39 is 15.3 Å². The molecule has 0 aromatic heterocycles. The standard InChI is InChI=1S/C11H15NO3S/c1-8(2)16(14,15)12-11-6-4-10(5-7-11)9(3)13/h4-8,12H,1-3H3. The number of anilines is 1. The summed E-state index contributed by atoms with van der Waals surface area (Å²) in [7, 11) is -3.32. The molecule has 0 bridgehead atoms. The highest BCUT2D eigenvalue weighted by molar-refractivity contribution is 7.93. The second-order valence-corrected chi connectivity index (χ2v) is 6.07. The SMILES string of the molecule is CC(=O)c1ccc(NS(=O)(=O)C(C)C)cc1. The first-order chi connectivity index (χ1) is 7.33. The summed E-state index contributed by atoms with van der Waals surface area (Å²) in [6.45, 7) is 4.67. The first-order valence-corrected chi connectivity index (χ1v) is 6.50. The van der Waals surface area contributed by atoms with Crippen molar-refractivity contribution >= 4 is 21.5 Å². The van der Waals surface area contributed by atoms with Crippen molar-refractivity contribution in [2.45, 2.75) is 26.0 Å². The average Bonchev–Trinajstić information content (AvgIpc) is 2.17. The predicted molar refractivity (Wildman–Crippen MR) is 64.1 cm³/mol. The Bertz CT molecular complexity index is 474. The Morgan fingerprint density at radius 3 is 2.06 bits per heavy atom. The van der Waals surface area contributed by atoms with E-state index >= 15 is 0 Å². The van der Waals surface area contributed by atoms with Crippen LogP contribution in [-0.4, -0.2) is 19.5 Å². The molecule has 16 heavy (non-hydrogen) atoms. The van der Waals surface area contributed by atoms with Crippen LogP contribution in [0, 0.1) is 0 Å². The molecule has 5 heteroatoms. The molecule has 1 N–H and O–H groups in total. The quantitative estimate of drug-likeness (QED) is 0.820. The maximum Gasteiger partial charge on any atom is 0.235 e. The van der Waals surface area contributed by atoms with Gasteiger partial charge in [-0.05, 0) is 45.0 Å². The van der Waals surface area contributed by atoms with Crippen LogP contribution in [0.2, 0.25) is 0 Å². The van der Waals surface area contributed by atoms with Gasteiger partial charge >= 0.3 is 0 Å². The Balaban J connectivity index is 2.89.